The molecule has 0 aromatic heterocycles. The van der Waals surface area contributed by atoms with E-state index >= 15 is 0 Å². The summed E-state index contributed by atoms with van der Waals surface area (Å²) in [6.45, 7) is 3.66. The van der Waals surface area contributed by atoms with E-state index in [1.165, 1.54) is 0 Å². The van der Waals surface area contributed by atoms with Crippen molar-refractivity contribution in [1.82, 2.24) is 0 Å². The Morgan fingerprint density at radius 2 is 1.94 bits per heavy atom. The van der Waals surface area contributed by atoms with Crippen LogP contribution in [0.5, 0.6) is 0 Å². The van der Waals surface area contributed by atoms with E-state index in [1.807, 2.05) is 6.92 Å². The van der Waals surface area contributed by atoms with Crippen LogP contribution in [0.1, 0.15) is 45.4 Å². The Hall–Kier alpha value is -0.130. The van der Waals surface area contributed by atoms with Crippen molar-refractivity contribution in [3.05, 3.63) is 0 Å². The van der Waals surface area contributed by atoms with Crippen LogP contribution in [0.2, 0.25) is 0 Å². The highest BCUT2D eigenvalue weighted by atomic mass is 32.2. The summed E-state index contributed by atoms with van der Waals surface area (Å²) in [7, 11) is -2.95. The maximum absolute atomic E-state index is 11.8. The Morgan fingerprint density at radius 1 is 1.28 bits per heavy atom. The van der Waals surface area contributed by atoms with Crippen LogP contribution in [0.3, 0.4) is 0 Å². The second-order valence-electron chi connectivity index (χ2n) is 5.33. The zero-order valence-corrected chi connectivity index (χ0v) is 12.3. The number of sulfone groups is 1. The van der Waals surface area contributed by atoms with Gasteiger partial charge in [-0.1, -0.05) is 19.8 Å². The van der Waals surface area contributed by atoms with Crippen LogP contribution in [0.25, 0.3) is 0 Å². The van der Waals surface area contributed by atoms with Gasteiger partial charge in [0.05, 0.1) is 11.5 Å². The Balaban J connectivity index is 2.12. The molecule has 0 aromatic rings. The Morgan fingerprint density at radius 3 is 2.56 bits per heavy atom. The molecule has 1 rings (SSSR count). The van der Waals surface area contributed by atoms with Crippen LogP contribution in [0, 0.1) is 5.92 Å². The predicted molar refractivity (Wildman–Crippen MR) is 74.3 cm³/mol. The van der Waals surface area contributed by atoms with Crippen molar-refractivity contribution >= 4 is 9.84 Å². The van der Waals surface area contributed by atoms with Gasteiger partial charge in [-0.25, -0.2) is 8.42 Å². The van der Waals surface area contributed by atoms with Gasteiger partial charge in [-0.15, -0.1) is 0 Å². The van der Waals surface area contributed by atoms with Crippen LogP contribution < -0.4 is 5.73 Å². The van der Waals surface area contributed by atoms with E-state index in [4.69, 9.17) is 10.5 Å². The molecule has 1 unspecified atom stereocenters. The molecular formula is C13H27NO3S. The molecule has 1 heterocycles. The van der Waals surface area contributed by atoms with E-state index in [0.717, 1.165) is 57.7 Å². The Bertz CT molecular complexity index is 310. The van der Waals surface area contributed by atoms with Gasteiger partial charge in [0.25, 0.3) is 0 Å². The molecule has 108 valence electrons. The first kappa shape index (κ1) is 15.9. The lowest BCUT2D eigenvalue weighted by molar-refractivity contribution is 0.0633. The Kier molecular flexibility index (Phi) is 7.19. The predicted octanol–water partition coefficient (Wildman–Crippen LogP) is 1.74. The number of rotatable bonds is 8. The first-order chi connectivity index (χ1) is 8.53. The van der Waals surface area contributed by atoms with E-state index in [9.17, 15) is 8.42 Å². The van der Waals surface area contributed by atoms with Crippen LogP contribution in [-0.4, -0.2) is 39.2 Å². The monoisotopic (exact) mass is 277 g/mol. The molecule has 1 saturated heterocycles. The number of unbranched alkanes of at least 4 members (excludes halogenated alkanes) is 1. The topological polar surface area (TPSA) is 69.4 Å². The molecule has 5 heteroatoms. The zero-order chi connectivity index (χ0) is 13.4. The molecule has 2 N–H and O–H groups in total. The van der Waals surface area contributed by atoms with Gasteiger partial charge in [-0.05, 0) is 31.6 Å². The standard InChI is InChI=1S/C13H27NO3S/c1-2-13(14)11-18(15,16)10-4-3-5-12-6-8-17-9-7-12/h12-13H,2-11,14H2,1H3. The lowest BCUT2D eigenvalue weighted by Gasteiger charge is -2.21. The summed E-state index contributed by atoms with van der Waals surface area (Å²) in [5, 5.41) is 0. The molecular weight excluding hydrogens is 250 g/mol. The van der Waals surface area contributed by atoms with Crippen LogP contribution >= 0.6 is 0 Å². The molecule has 0 amide bonds. The van der Waals surface area contributed by atoms with Crippen molar-refractivity contribution in [2.75, 3.05) is 24.7 Å². The van der Waals surface area contributed by atoms with Gasteiger partial charge in [0, 0.05) is 19.3 Å². The number of nitrogens with two attached hydrogens (primary N) is 1. The van der Waals surface area contributed by atoms with Gasteiger partial charge in [0.2, 0.25) is 0 Å². The molecule has 1 atom stereocenters. The van der Waals surface area contributed by atoms with Crippen molar-refractivity contribution < 1.29 is 13.2 Å². The second-order valence-corrected chi connectivity index (χ2v) is 7.56. The van der Waals surface area contributed by atoms with Crippen molar-refractivity contribution in [1.29, 1.82) is 0 Å². The van der Waals surface area contributed by atoms with Crippen molar-refractivity contribution in [3.8, 4) is 0 Å². The van der Waals surface area contributed by atoms with Gasteiger partial charge in [-0.3, -0.25) is 0 Å². The summed E-state index contributed by atoms with van der Waals surface area (Å²) < 4.78 is 28.8. The Labute approximate surface area is 111 Å². The molecule has 1 fully saturated rings. The van der Waals surface area contributed by atoms with Crippen LogP contribution in [-0.2, 0) is 14.6 Å². The van der Waals surface area contributed by atoms with E-state index in [2.05, 4.69) is 0 Å². The molecule has 0 spiro atoms. The summed E-state index contributed by atoms with van der Waals surface area (Å²) in [5.41, 5.74) is 5.69. The maximum Gasteiger partial charge on any atom is 0.151 e. The molecule has 0 saturated carbocycles. The fourth-order valence-electron chi connectivity index (χ4n) is 2.32. The lowest BCUT2D eigenvalue weighted by Crippen LogP contribution is -2.30. The van der Waals surface area contributed by atoms with Crippen molar-refractivity contribution in [2.45, 2.75) is 51.5 Å². The highest BCUT2D eigenvalue weighted by Crippen LogP contribution is 2.20. The molecule has 0 aromatic carbocycles. The van der Waals surface area contributed by atoms with Gasteiger partial charge in [-0.2, -0.15) is 0 Å². The summed E-state index contributed by atoms with van der Waals surface area (Å²) in [5.74, 6) is 1.17. The van der Waals surface area contributed by atoms with Gasteiger partial charge in [0.1, 0.15) is 0 Å². The third kappa shape index (κ3) is 6.71. The van der Waals surface area contributed by atoms with Crippen molar-refractivity contribution in [2.24, 2.45) is 11.7 Å². The minimum absolute atomic E-state index is 0.140. The zero-order valence-electron chi connectivity index (χ0n) is 11.4. The average Bonchev–Trinajstić information content (AvgIpc) is 2.35. The summed E-state index contributed by atoms with van der Waals surface area (Å²) in [6.07, 6.45) is 5.91. The molecule has 0 bridgehead atoms. The SMILES string of the molecule is CCC(N)CS(=O)(=O)CCCCC1CCOCC1. The second kappa shape index (κ2) is 8.12. The molecule has 0 aliphatic carbocycles. The quantitative estimate of drug-likeness (QED) is 0.686. The minimum atomic E-state index is -2.95. The lowest BCUT2D eigenvalue weighted by atomic mass is 9.94. The molecule has 18 heavy (non-hydrogen) atoms. The summed E-state index contributed by atoms with van der Waals surface area (Å²) in [6, 6.07) is -0.203. The number of hydrogen-bond donors (Lipinski definition) is 1. The van der Waals surface area contributed by atoms with E-state index < -0.39 is 9.84 Å². The maximum atomic E-state index is 11.8. The van der Waals surface area contributed by atoms with Crippen LogP contribution in [0.15, 0.2) is 0 Å². The minimum Gasteiger partial charge on any atom is -0.381 e. The van der Waals surface area contributed by atoms with E-state index in [0.29, 0.717) is 5.75 Å². The highest BCUT2D eigenvalue weighted by Gasteiger charge is 2.16. The third-order valence-corrected chi connectivity index (χ3v) is 5.50. The van der Waals surface area contributed by atoms with Crippen molar-refractivity contribution in [3.63, 3.8) is 0 Å². The van der Waals surface area contributed by atoms with Gasteiger partial charge >= 0.3 is 0 Å². The molecule has 1 aliphatic rings. The van der Waals surface area contributed by atoms with E-state index in [1.54, 1.807) is 0 Å². The average molecular weight is 277 g/mol. The summed E-state index contributed by atoms with van der Waals surface area (Å²) in [4.78, 5) is 0. The van der Waals surface area contributed by atoms with Gasteiger partial charge < -0.3 is 10.5 Å². The molecule has 0 radical (unpaired) electrons. The largest absolute Gasteiger partial charge is 0.381 e. The first-order valence-corrected chi connectivity index (χ1v) is 8.89. The first-order valence-electron chi connectivity index (χ1n) is 7.07. The summed E-state index contributed by atoms with van der Waals surface area (Å²) >= 11 is 0. The smallest absolute Gasteiger partial charge is 0.151 e. The fourth-order valence-corrected chi connectivity index (χ4v) is 4.02. The van der Waals surface area contributed by atoms with Gasteiger partial charge in [0.15, 0.2) is 9.84 Å². The molecule has 4 nitrogen and oxygen atoms in total. The molecule has 1 aliphatic heterocycles. The van der Waals surface area contributed by atoms with E-state index in [-0.39, 0.29) is 11.8 Å². The normalized spacial score (nSPS) is 19.9. The third-order valence-electron chi connectivity index (χ3n) is 3.65. The highest BCUT2D eigenvalue weighted by molar-refractivity contribution is 7.91. The van der Waals surface area contributed by atoms with Crippen LogP contribution in [0.4, 0.5) is 0 Å². The number of ether oxygens (including phenoxy) is 1. The number of hydrogen-bond acceptors (Lipinski definition) is 4. The fraction of sp³-hybridized carbons (Fsp3) is 1.00.